The molecular weight excluding hydrogens is 388 g/mol. The zero-order valence-corrected chi connectivity index (χ0v) is 17.9. The lowest BCUT2D eigenvalue weighted by molar-refractivity contribution is -0.122. The summed E-state index contributed by atoms with van der Waals surface area (Å²) in [4.78, 5) is 12.6. The summed E-state index contributed by atoms with van der Waals surface area (Å²) < 4.78 is 33.1. The van der Waals surface area contributed by atoms with Gasteiger partial charge in [0.05, 0.1) is 4.90 Å². The normalized spacial score (nSPS) is 21.3. The number of anilines is 1. The average molecular weight is 417 g/mol. The summed E-state index contributed by atoms with van der Waals surface area (Å²) in [6.07, 6.45) is 0.359. The highest BCUT2D eigenvalue weighted by atomic mass is 32.2. The van der Waals surface area contributed by atoms with E-state index < -0.39 is 16.1 Å². The van der Waals surface area contributed by atoms with Gasteiger partial charge in [0, 0.05) is 18.8 Å². The first-order valence-electron chi connectivity index (χ1n) is 9.88. The second kappa shape index (κ2) is 8.97. The van der Waals surface area contributed by atoms with E-state index in [0.717, 1.165) is 6.42 Å². The standard InChI is InChI=1S/C22H28N2O4S/c1-16-13-17(2)15-24(14-16)29(26,27)21-11-9-19(10-12-21)23-22(25)18(3)28-20-7-5-4-6-8-20/h4-12,16-18H,13-15H2,1-3H3,(H,23,25). The van der Waals surface area contributed by atoms with Crippen molar-refractivity contribution >= 4 is 21.6 Å². The van der Waals surface area contributed by atoms with Crippen molar-refractivity contribution in [2.24, 2.45) is 11.8 Å². The fourth-order valence-electron chi connectivity index (χ4n) is 3.66. The van der Waals surface area contributed by atoms with Gasteiger partial charge >= 0.3 is 0 Å². The van der Waals surface area contributed by atoms with Crippen molar-refractivity contribution in [3.8, 4) is 5.75 Å². The third-order valence-electron chi connectivity index (χ3n) is 5.02. The smallest absolute Gasteiger partial charge is 0.265 e. The fourth-order valence-corrected chi connectivity index (χ4v) is 5.34. The quantitative estimate of drug-likeness (QED) is 0.778. The molecule has 0 saturated carbocycles. The van der Waals surface area contributed by atoms with Crippen molar-refractivity contribution < 1.29 is 17.9 Å². The van der Waals surface area contributed by atoms with Crippen molar-refractivity contribution in [1.82, 2.24) is 4.31 Å². The van der Waals surface area contributed by atoms with Gasteiger partial charge in [0.2, 0.25) is 10.0 Å². The van der Waals surface area contributed by atoms with Crippen LogP contribution in [0.3, 0.4) is 0 Å². The van der Waals surface area contributed by atoms with Crippen molar-refractivity contribution in [3.63, 3.8) is 0 Å². The molecule has 0 radical (unpaired) electrons. The molecule has 7 heteroatoms. The van der Waals surface area contributed by atoms with Crippen LogP contribution in [0.5, 0.6) is 5.75 Å². The molecule has 0 spiro atoms. The molecule has 29 heavy (non-hydrogen) atoms. The summed E-state index contributed by atoms with van der Waals surface area (Å²) in [5.74, 6) is 1.00. The Morgan fingerprint density at radius 2 is 1.62 bits per heavy atom. The molecule has 1 aliphatic rings. The second-order valence-corrected chi connectivity index (χ2v) is 9.79. The number of nitrogens with one attached hydrogen (secondary N) is 1. The number of benzene rings is 2. The van der Waals surface area contributed by atoms with Crippen LogP contribution >= 0.6 is 0 Å². The van der Waals surface area contributed by atoms with Crippen LogP contribution in [-0.2, 0) is 14.8 Å². The first-order chi connectivity index (χ1) is 13.8. The Morgan fingerprint density at radius 1 is 1.03 bits per heavy atom. The summed E-state index contributed by atoms with van der Waals surface area (Å²) in [5.41, 5.74) is 0.526. The summed E-state index contributed by atoms with van der Waals surface area (Å²) in [5, 5.41) is 2.76. The Bertz CT molecular complexity index is 919. The van der Waals surface area contributed by atoms with E-state index in [2.05, 4.69) is 19.2 Å². The van der Waals surface area contributed by atoms with Crippen LogP contribution in [-0.4, -0.2) is 37.8 Å². The third kappa shape index (κ3) is 5.36. The number of ether oxygens (including phenoxy) is 1. The van der Waals surface area contributed by atoms with Gasteiger partial charge in [-0.05, 0) is 61.6 Å². The van der Waals surface area contributed by atoms with Gasteiger partial charge in [0.1, 0.15) is 5.75 Å². The van der Waals surface area contributed by atoms with E-state index in [9.17, 15) is 13.2 Å². The molecule has 6 nitrogen and oxygen atoms in total. The van der Waals surface area contributed by atoms with Gasteiger partial charge in [0.15, 0.2) is 6.10 Å². The van der Waals surface area contributed by atoms with Gasteiger partial charge in [-0.2, -0.15) is 4.31 Å². The van der Waals surface area contributed by atoms with Crippen LogP contribution in [0.2, 0.25) is 0 Å². The van der Waals surface area contributed by atoms with Gasteiger partial charge in [-0.1, -0.05) is 32.0 Å². The molecule has 3 rings (SSSR count). The number of piperidine rings is 1. The summed E-state index contributed by atoms with van der Waals surface area (Å²) in [6.45, 7) is 6.91. The lowest BCUT2D eigenvalue weighted by Crippen LogP contribution is -2.42. The van der Waals surface area contributed by atoms with Crippen LogP contribution in [0, 0.1) is 11.8 Å². The average Bonchev–Trinajstić information content (AvgIpc) is 2.68. The number of rotatable bonds is 6. The summed E-state index contributed by atoms with van der Waals surface area (Å²) >= 11 is 0. The topological polar surface area (TPSA) is 75.7 Å². The molecule has 1 aliphatic heterocycles. The van der Waals surface area contributed by atoms with Crippen molar-refractivity contribution in [2.45, 2.75) is 38.2 Å². The molecule has 1 amide bonds. The van der Waals surface area contributed by atoms with Gasteiger partial charge in [0.25, 0.3) is 5.91 Å². The Morgan fingerprint density at radius 3 is 2.21 bits per heavy atom. The van der Waals surface area contributed by atoms with Crippen LogP contribution in [0.4, 0.5) is 5.69 Å². The number of hydrogen-bond acceptors (Lipinski definition) is 4. The van der Waals surface area contributed by atoms with Crippen LogP contribution in [0.1, 0.15) is 27.2 Å². The van der Waals surface area contributed by atoms with E-state index in [1.165, 1.54) is 12.1 Å². The molecule has 2 aromatic rings. The predicted octanol–water partition coefficient (Wildman–Crippen LogP) is 3.76. The number of amides is 1. The maximum Gasteiger partial charge on any atom is 0.265 e. The molecule has 3 atom stereocenters. The zero-order chi connectivity index (χ0) is 21.0. The minimum atomic E-state index is -3.53. The lowest BCUT2D eigenvalue weighted by Gasteiger charge is -2.34. The number of nitrogens with zero attached hydrogens (tertiary/aromatic N) is 1. The second-order valence-electron chi connectivity index (χ2n) is 7.85. The summed E-state index contributed by atoms with van der Waals surface area (Å²) in [7, 11) is -3.53. The maximum absolute atomic E-state index is 12.9. The van der Waals surface area contributed by atoms with Gasteiger partial charge in [-0.25, -0.2) is 8.42 Å². The van der Waals surface area contributed by atoms with E-state index in [-0.39, 0.29) is 10.8 Å². The molecule has 1 saturated heterocycles. The number of carbonyl (C=O) groups is 1. The van der Waals surface area contributed by atoms with Crippen molar-refractivity contribution in [1.29, 1.82) is 0 Å². The molecule has 0 bridgehead atoms. The Hall–Kier alpha value is -2.38. The van der Waals surface area contributed by atoms with Crippen LogP contribution in [0.15, 0.2) is 59.5 Å². The van der Waals surface area contributed by atoms with E-state index >= 15 is 0 Å². The molecule has 0 aromatic heterocycles. The number of hydrogen-bond donors (Lipinski definition) is 1. The molecule has 0 aliphatic carbocycles. The zero-order valence-electron chi connectivity index (χ0n) is 17.0. The fraction of sp³-hybridized carbons (Fsp3) is 0.409. The molecular formula is C22H28N2O4S. The number of carbonyl (C=O) groups excluding carboxylic acids is 1. The highest BCUT2D eigenvalue weighted by Gasteiger charge is 2.31. The Balaban J connectivity index is 1.64. The van der Waals surface area contributed by atoms with E-state index in [4.69, 9.17) is 4.74 Å². The number of sulfonamides is 1. The van der Waals surface area contributed by atoms with E-state index in [1.54, 1.807) is 35.5 Å². The van der Waals surface area contributed by atoms with E-state index in [0.29, 0.717) is 36.4 Å². The van der Waals surface area contributed by atoms with Crippen LogP contribution < -0.4 is 10.1 Å². The lowest BCUT2D eigenvalue weighted by atomic mass is 9.94. The van der Waals surface area contributed by atoms with Gasteiger partial charge in [-0.3, -0.25) is 4.79 Å². The Kier molecular flexibility index (Phi) is 6.59. The molecule has 1 N–H and O–H groups in total. The SMILES string of the molecule is CC1CC(C)CN(S(=O)(=O)c2ccc(NC(=O)C(C)Oc3ccccc3)cc2)C1. The first kappa shape index (κ1) is 21.3. The van der Waals surface area contributed by atoms with Crippen molar-refractivity contribution in [2.75, 3.05) is 18.4 Å². The highest BCUT2D eigenvalue weighted by Crippen LogP contribution is 2.27. The third-order valence-corrected chi connectivity index (χ3v) is 6.87. The monoisotopic (exact) mass is 416 g/mol. The maximum atomic E-state index is 12.9. The highest BCUT2D eigenvalue weighted by molar-refractivity contribution is 7.89. The van der Waals surface area contributed by atoms with Gasteiger partial charge in [-0.15, -0.1) is 0 Å². The molecule has 1 fully saturated rings. The summed E-state index contributed by atoms with van der Waals surface area (Å²) in [6, 6.07) is 15.4. The van der Waals surface area contributed by atoms with Crippen LogP contribution in [0.25, 0.3) is 0 Å². The Labute approximate surface area is 172 Å². The number of para-hydroxylation sites is 1. The van der Waals surface area contributed by atoms with Gasteiger partial charge < -0.3 is 10.1 Å². The minimum Gasteiger partial charge on any atom is -0.481 e. The first-order valence-corrected chi connectivity index (χ1v) is 11.3. The molecule has 156 valence electrons. The molecule has 2 aromatic carbocycles. The minimum absolute atomic E-state index is 0.241. The van der Waals surface area contributed by atoms with Crippen molar-refractivity contribution in [3.05, 3.63) is 54.6 Å². The van der Waals surface area contributed by atoms with E-state index in [1.807, 2.05) is 18.2 Å². The largest absolute Gasteiger partial charge is 0.481 e. The molecule has 3 unspecified atom stereocenters. The predicted molar refractivity (Wildman–Crippen MR) is 113 cm³/mol. The molecule has 1 heterocycles.